The highest BCUT2D eigenvalue weighted by Gasteiger charge is 2.41. The molecule has 0 spiro atoms. The molecule has 0 bridgehead atoms. The number of nitriles is 1. The highest BCUT2D eigenvalue weighted by Crippen LogP contribution is 2.40. The van der Waals surface area contributed by atoms with Crippen LogP contribution in [-0.2, 0) is 22.4 Å². The number of anilines is 2. The largest absolute Gasteiger partial charge is 0.476 e. The number of aryl methyl sites for hydroxylation is 2. The number of thiophene rings is 1. The van der Waals surface area contributed by atoms with Gasteiger partial charge in [-0.2, -0.15) is 5.26 Å². The van der Waals surface area contributed by atoms with E-state index < -0.39 is 5.60 Å². The number of benzene rings is 1. The van der Waals surface area contributed by atoms with Gasteiger partial charge < -0.3 is 10.1 Å². The van der Waals surface area contributed by atoms with Crippen LogP contribution in [0.3, 0.4) is 0 Å². The molecule has 1 N–H and O–H groups in total. The summed E-state index contributed by atoms with van der Waals surface area (Å²) in [4.78, 5) is 28.3. The first-order chi connectivity index (χ1) is 13.3. The van der Waals surface area contributed by atoms with E-state index in [1.807, 2.05) is 25.1 Å². The molecule has 7 heteroatoms. The second-order valence-corrected chi connectivity index (χ2v) is 8.80. The average molecular weight is 395 g/mol. The van der Waals surface area contributed by atoms with E-state index in [-0.39, 0.29) is 18.4 Å². The monoisotopic (exact) mass is 395 g/mol. The summed E-state index contributed by atoms with van der Waals surface area (Å²) in [6, 6.07) is 7.80. The Labute approximate surface area is 167 Å². The van der Waals surface area contributed by atoms with E-state index in [9.17, 15) is 14.9 Å². The van der Waals surface area contributed by atoms with Crippen molar-refractivity contribution >= 4 is 33.8 Å². The summed E-state index contributed by atoms with van der Waals surface area (Å²) in [5.74, 6) is -0.0133. The molecule has 2 aromatic rings. The fourth-order valence-corrected chi connectivity index (χ4v) is 5.01. The molecule has 2 amide bonds. The average Bonchev–Trinajstić information content (AvgIpc) is 3.20. The first-order valence-corrected chi connectivity index (χ1v) is 10.1. The normalized spacial score (nSPS) is 16.8. The molecule has 2 aliphatic rings. The lowest BCUT2D eigenvalue weighted by atomic mass is 10.0. The van der Waals surface area contributed by atoms with Crippen LogP contribution in [0.25, 0.3) is 0 Å². The van der Waals surface area contributed by atoms with Gasteiger partial charge in [0.1, 0.15) is 23.4 Å². The second kappa shape index (κ2) is 6.64. The number of carbonyl (C=O) groups excluding carboxylic acids is 2. The van der Waals surface area contributed by atoms with Crippen LogP contribution in [0, 0.1) is 18.3 Å². The Morgan fingerprint density at radius 2 is 2.18 bits per heavy atom. The molecule has 0 unspecified atom stereocenters. The smallest absolute Gasteiger partial charge is 0.271 e. The van der Waals surface area contributed by atoms with E-state index in [4.69, 9.17) is 4.74 Å². The summed E-state index contributed by atoms with van der Waals surface area (Å²) in [6.45, 7) is 5.19. The van der Waals surface area contributed by atoms with Crippen molar-refractivity contribution in [2.75, 3.05) is 16.8 Å². The third kappa shape index (κ3) is 3.04. The summed E-state index contributed by atoms with van der Waals surface area (Å²) >= 11 is 1.47. The van der Waals surface area contributed by atoms with E-state index in [1.165, 1.54) is 21.1 Å². The number of nitrogens with zero attached hydrogens (tertiary/aromatic N) is 2. The van der Waals surface area contributed by atoms with Gasteiger partial charge in [-0.15, -0.1) is 11.3 Å². The van der Waals surface area contributed by atoms with Crippen molar-refractivity contribution in [2.24, 2.45) is 0 Å². The summed E-state index contributed by atoms with van der Waals surface area (Å²) < 4.78 is 5.83. The van der Waals surface area contributed by atoms with Crippen molar-refractivity contribution in [3.05, 3.63) is 39.8 Å². The maximum absolute atomic E-state index is 12.9. The Bertz CT molecular complexity index is 1030. The molecule has 1 aliphatic heterocycles. The lowest BCUT2D eigenvalue weighted by Gasteiger charge is -2.38. The van der Waals surface area contributed by atoms with Crippen LogP contribution >= 0.6 is 11.3 Å². The molecule has 0 atom stereocenters. The fraction of sp³-hybridized carbons (Fsp3) is 0.381. The Kier molecular flexibility index (Phi) is 4.39. The maximum Gasteiger partial charge on any atom is 0.271 e. The van der Waals surface area contributed by atoms with Crippen LogP contribution in [0.5, 0.6) is 5.75 Å². The first-order valence-electron chi connectivity index (χ1n) is 9.26. The van der Waals surface area contributed by atoms with Gasteiger partial charge in [-0.25, -0.2) is 0 Å². The van der Waals surface area contributed by atoms with Crippen LogP contribution in [0.2, 0.25) is 0 Å². The molecule has 2 heterocycles. The topological polar surface area (TPSA) is 82.4 Å². The van der Waals surface area contributed by atoms with E-state index in [0.29, 0.717) is 22.0 Å². The number of nitrogens with one attached hydrogen (secondary N) is 1. The third-order valence-corrected chi connectivity index (χ3v) is 6.33. The van der Waals surface area contributed by atoms with Gasteiger partial charge in [0.25, 0.3) is 5.91 Å². The second-order valence-electron chi connectivity index (χ2n) is 7.70. The zero-order valence-electron chi connectivity index (χ0n) is 16.1. The van der Waals surface area contributed by atoms with E-state index >= 15 is 0 Å². The lowest BCUT2D eigenvalue weighted by molar-refractivity contribution is -0.133. The highest BCUT2D eigenvalue weighted by molar-refractivity contribution is 7.16. The molecule has 4 rings (SSSR count). The van der Waals surface area contributed by atoms with Crippen LogP contribution in [0.15, 0.2) is 18.2 Å². The Morgan fingerprint density at radius 1 is 1.39 bits per heavy atom. The molecule has 1 aliphatic carbocycles. The summed E-state index contributed by atoms with van der Waals surface area (Å²) in [5.41, 5.74) is 2.14. The zero-order chi connectivity index (χ0) is 20.1. The summed E-state index contributed by atoms with van der Waals surface area (Å²) in [7, 11) is 0. The van der Waals surface area contributed by atoms with Gasteiger partial charge in [-0.05, 0) is 63.3 Å². The van der Waals surface area contributed by atoms with Crippen molar-refractivity contribution in [1.29, 1.82) is 5.26 Å². The highest BCUT2D eigenvalue weighted by atomic mass is 32.1. The van der Waals surface area contributed by atoms with Crippen molar-refractivity contribution in [1.82, 2.24) is 0 Å². The molecular weight excluding hydrogens is 374 g/mol. The molecule has 1 aromatic carbocycles. The van der Waals surface area contributed by atoms with Gasteiger partial charge in [0.2, 0.25) is 5.91 Å². The quantitative estimate of drug-likeness (QED) is 0.861. The summed E-state index contributed by atoms with van der Waals surface area (Å²) in [5, 5.41) is 12.9. The number of amides is 2. The number of carbonyl (C=O) groups is 2. The number of hydrogen-bond donors (Lipinski definition) is 1. The van der Waals surface area contributed by atoms with Crippen LogP contribution < -0.4 is 15.0 Å². The zero-order valence-corrected chi connectivity index (χ0v) is 16.9. The number of hydrogen-bond acceptors (Lipinski definition) is 5. The molecular formula is C21H21N3O3S. The standard InChI is InChI=1S/C21H21N3O3S/c1-12-7-8-16-15(9-12)24(20(26)21(2,3)27-16)11-18(25)23-19-14(10-22)13-5-4-6-17(13)28-19/h7-9H,4-6,11H2,1-3H3,(H,23,25). The van der Waals surface area contributed by atoms with Crippen molar-refractivity contribution in [3.8, 4) is 11.8 Å². The predicted octanol–water partition coefficient (Wildman–Crippen LogP) is 3.56. The Morgan fingerprint density at radius 3 is 2.93 bits per heavy atom. The van der Waals surface area contributed by atoms with Gasteiger partial charge in [0.15, 0.2) is 5.60 Å². The van der Waals surface area contributed by atoms with Crippen LogP contribution in [0.1, 0.15) is 41.8 Å². The molecule has 0 fully saturated rings. The predicted molar refractivity (Wildman–Crippen MR) is 108 cm³/mol. The minimum atomic E-state index is -1.05. The van der Waals surface area contributed by atoms with Crippen molar-refractivity contribution in [2.45, 2.75) is 45.6 Å². The number of fused-ring (bicyclic) bond motifs is 2. The van der Waals surface area contributed by atoms with Gasteiger partial charge >= 0.3 is 0 Å². The van der Waals surface area contributed by atoms with Gasteiger partial charge in [-0.1, -0.05) is 6.07 Å². The van der Waals surface area contributed by atoms with Gasteiger partial charge in [0, 0.05) is 4.88 Å². The van der Waals surface area contributed by atoms with Gasteiger partial charge in [-0.3, -0.25) is 14.5 Å². The Balaban J connectivity index is 1.60. The van der Waals surface area contributed by atoms with Crippen molar-refractivity contribution < 1.29 is 14.3 Å². The lowest BCUT2D eigenvalue weighted by Crippen LogP contribution is -2.54. The van der Waals surface area contributed by atoms with Gasteiger partial charge in [0.05, 0.1) is 11.3 Å². The molecule has 6 nitrogen and oxygen atoms in total. The molecule has 0 radical (unpaired) electrons. The SMILES string of the molecule is Cc1ccc2c(c1)N(CC(=O)Nc1sc3c(c1C#N)CCC3)C(=O)C(C)(C)O2. The molecule has 0 saturated heterocycles. The summed E-state index contributed by atoms with van der Waals surface area (Å²) in [6.07, 6.45) is 2.89. The number of rotatable bonds is 3. The van der Waals surface area contributed by atoms with Crippen LogP contribution in [0.4, 0.5) is 10.7 Å². The first kappa shape index (κ1) is 18.5. The third-order valence-electron chi connectivity index (χ3n) is 5.12. The van der Waals surface area contributed by atoms with Crippen LogP contribution in [-0.4, -0.2) is 24.0 Å². The van der Waals surface area contributed by atoms with Crippen molar-refractivity contribution in [3.63, 3.8) is 0 Å². The molecule has 1 aromatic heterocycles. The van der Waals surface area contributed by atoms with E-state index in [0.717, 1.165) is 30.4 Å². The molecule has 144 valence electrons. The molecule has 28 heavy (non-hydrogen) atoms. The fourth-order valence-electron chi connectivity index (χ4n) is 3.75. The molecule has 0 saturated carbocycles. The number of ether oxygens (including phenoxy) is 1. The minimum absolute atomic E-state index is 0.129. The minimum Gasteiger partial charge on any atom is -0.476 e. The van der Waals surface area contributed by atoms with E-state index in [2.05, 4.69) is 11.4 Å². The maximum atomic E-state index is 12.9. The Hall–Kier alpha value is -2.85. The van der Waals surface area contributed by atoms with E-state index in [1.54, 1.807) is 13.8 Å².